The molecule has 0 radical (unpaired) electrons. The summed E-state index contributed by atoms with van der Waals surface area (Å²) < 4.78 is 18.0. The van der Waals surface area contributed by atoms with Crippen molar-refractivity contribution in [2.24, 2.45) is 16.7 Å². The van der Waals surface area contributed by atoms with E-state index in [1.165, 1.54) is 13.3 Å². The van der Waals surface area contributed by atoms with Crippen molar-refractivity contribution in [3.8, 4) is 23.3 Å². The van der Waals surface area contributed by atoms with Gasteiger partial charge in [-0.1, -0.05) is 27.7 Å². The number of anilines is 1. The summed E-state index contributed by atoms with van der Waals surface area (Å²) in [4.78, 5) is 78.6. The molecule has 1 aromatic heterocycles. The second kappa shape index (κ2) is 15.7. The molecule has 61 heavy (non-hydrogen) atoms. The Kier molecular flexibility index (Phi) is 10.8. The summed E-state index contributed by atoms with van der Waals surface area (Å²) in [5.74, 6) is 0.265. The van der Waals surface area contributed by atoms with Crippen molar-refractivity contribution >= 4 is 35.4 Å². The molecule has 0 bridgehead atoms. The molecule has 2 aromatic carbocycles. The number of hydrogen-bond acceptors (Lipinski definition) is 13. The third kappa shape index (κ3) is 7.53. The smallest absolute Gasteiger partial charge is 0.271 e. The molecule has 2 N–H and O–H groups in total. The molecule has 5 amide bonds. The highest BCUT2D eigenvalue weighted by Crippen LogP contribution is 2.55. The van der Waals surface area contributed by atoms with Gasteiger partial charge in [0.2, 0.25) is 11.8 Å². The highest BCUT2D eigenvalue weighted by atomic mass is 16.5. The maximum Gasteiger partial charge on any atom is 0.271 e. The van der Waals surface area contributed by atoms with E-state index in [2.05, 4.69) is 78.0 Å². The molecule has 16 heteroatoms. The molecule has 0 spiro atoms. The lowest BCUT2D eigenvalue weighted by Gasteiger charge is -2.63. The van der Waals surface area contributed by atoms with Crippen LogP contribution in [0.25, 0.3) is 0 Å². The minimum Gasteiger partial charge on any atom is -0.495 e. The standard InChI is InChI=1S/C45H52N8O8/c1-24(2)52(27-14-30(15-27)60-28-10-11-31-32(16-28)41(58)53(40(31)57)34-12-13-37(54)49-39(34)56)23-25-21-51(22-25)36-20-47-33(19-48-36)38(55)50-42-44(3,4)43(45(42,5)6)61-29-9-8-26(18-46)35(17-29)59-7/h8-11,16-17,19-20,24-25,27,30,34,42-43H,12-15,21-23H2,1-7H3,(H,50,55)(H,49,54,56)/t27?,30?,34-,42?,43?/m1/s1. The van der Waals surface area contributed by atoms with Crippen LogP contribution in [-0.4, -0.2) is 112 Å². The fraction of sp³-hybridized carbons (Fsp3) is 0.511. The van der Waals surface area contributed by atoms with Gasteiger partial charge in [0.25, 0.3) is 17.7 Å². The number of nitrogens with zero attached hydrogens (tertiary/aromatic N) is 6. The monoisotopic (exact) mass is 832 g/mol. The Labute approximate surface area is 354 Å². The highest BCUT2D eigenvalue weighted by molar-refractivity contribution is 6.23. The van der Waals surface area contributed by atoms with Gasteiger partial charge in [-0.3, -0.25) is 39.1 Å². The SMILES string of the molecule is COc1cc(OC2C(C)(C)C(NC(=O)c3cnc(N4CC(CN(C(C)C)C5CC(Oc6ccc7c(c6)C(=O)N([C@@H]6CCC(=O)NC6=O)C7=O)C5)C4)cn3)C2(C)C)ccc1C#N. The Bertz CT molecular complexity index is 2290. The predicted octanol–water partition coefficient (Wildman–Crippen LogP) is 4.13. The number of ether oxygens (including phenoxy) is 3. The third-order valence-corrected chi connectivity index (χ3v) is 13.2. The van der Waals surface area contributed by atoms with Gasteiger partial charge >= 0.3 is 0 Å². The molecule has 4 fully saturated rings. The largest absolute Gasteiger partial charge is 0.495 e. The summed E-state index contributed by atoms with van der Waals surface area (Å²) in [5.41, 5.74) is 0.289. The van der Waals surface area contributed by atoms with Gasteiger partial charge in [-0.15, -0.1) is 0 Å². The Morgan fingerprint density at radius 2 is 1.66 bits per heavy atom. The number of fused-ring (bicyclic) bond motifs is 1. The number of rotatable bonds is 13. The quantitative estimate of drug-likeness (QED) is 0.234. The number of imide groups is 2. The van der Waals surface area contributed by atoms with E-state index in [9.17, 15) is 29.2 Å². The van der Waals surface area contributed by atoms with Crippen LogP contribution in [0.4, 0.5) is 5.82 Å². The fourth-order valence-electron chi connectivity index (χ4n) is 10.2. The lowest BCUT2D eigenvalue weighted by molar-refractivity contribution is -0.164. The minimum absolute atomic E-state index is 0.0404. The molecule has 320 valence electrons. The van der Waals surface area contributed by atoms with Crippen LogP contribution in [0.5, 0.6) is 17.2 Å². The first-order valence-electron chi connectivity index (χ1n) is 20.9. The zero-order chi connectivity index (χ0) is 43.5. The van der Waals surface area contributed by atoms with Crippen molar-refractivity contribution in [3.05, 3.63) is 71.2 Å². The molecule has 16 nitrogen and oxygen atoms in total. The van der Waals surface area contributed by atoms with Gasteiger partial charge in [0.1, 0.15) is 53.1 Å². The molecule has 2 saturated carbocycles. The lowest BCUT2D eigenvalue weighted by Crippen LogP contribution is -2.74. The van der Waals surface area contributed by atoms with Crippen LogP contribution in [0.1, 0.15) is 104 Å². The Balaban J connectivity index is 0.799. The summed E-state index contributed by atoms with van der Waals surface area (Å²) in [5, 5.41) is 14.8. The Hall–Kier alpha value is -6.08. The summed E-state index contributed by atoms with van der Waals surface area (Å²) in [6.07, 6.45) is 4.76. The van der Waals surface area contributed by atoms with Crippen LogP contribution < -0.4 is 29.7 Å². The van der Waals surface area contributed by atoms with E-state index in [0.29, 0.717) is 40.8 Å². The van der Waals surface area contributed by atoms with Crippen LogP contribution in [-0.2, 0) is 9.59 Å². The number of benzene rings is 2. The molecule has 3 aromatic rings. The van der Waals surface area contributed by atoms with Crippen LogP contribution in [0, 0.1) is 28.1 Å². The topological polar surface area (TPSA) is 196 Å². The summed E-state index contributed by atoms with van der Waals surface area (Å²) in [7, 11) is 1.52. The average Bonchev–Trinajstić information content (AvgIpc) is 3.44. The molecular formula is C45H52N8O8. The number of nitrogens with one attached hydrogen (secondary N) is 2. The van der Waals surface area contributed by atoms with E-state index in [4.69, 9.17) is 14.2 Å². The van der Waals surface area contributed by atoms with E-state index in [1.54, 1.807) is 42.6 Å². The first-order valence-corrected chi connectivity index (χ1v) is 20.9. The summed E-state index contributed by atoms with van der Waals surface area (Å²) in [6, 6.07) is 11.6. The second-order valence-electron chi connectivity index (χ2n) is 18.4. The van der Waals surface area contributed by atoms with E-state index >= 15 is 0 Å². The summed E-state index contributed by atoms with van der Waals surface area (Å²) in [6.45, 7) is 15.2. The fourth-order valence-corrected chi connectivity index (χ4v) is 10.2. The number of hydrogen-bond donors (Lipinski definition) is 2. The van der Waals surface area contributed by atoms with Gasteiger partial charge in [-0.2, -0.15) is 5.26 Å². The number of amides is 5. The van der Waals surface area contributed by atoms with Gasteiger partial charge in [-0.05, 0) is 50.6 Å². The van der Waals surface area contributed by atoms with E-state index < -0.39 is 40.5 Å². The van der Waals surface area contributed by atoms with Crippen molar-refractivity contribution in [1.82, 2.24) is 30.4 Å². The Morgan fingerprint density at radius 1 is 0.967 bits per heavy atom. The summed E-state index contributed by atoms with van der Waals surface area (Å²) >= 11 is 0. The first kappa shape index (κ1) is 41.6. The highest BCUT2D eigenvalue weighted by Gasteiger charge is 2.64. The third-order valence-electron chi connectivity index (χ3n) is 13.2. The first-order chi connectivity index (χ1) is 29.0. The Morgan fingerprint density at radius 3 is 2.30 bits per heavy atom. The van der Waals surface area contributed by atoms with Crippen molar-refractivity contribution in [2.75, 3.05) is 31.6 Å². The van der Waals surface area contributed by atoms with E-state index in [-0.39, 0.29) is 53.8 Å². The maximum atomic E-state index is 13.4. The van der Waals surface area contributed by atoms with Crippen LogP contribution in [0.3, 0.4) is 0 Å². The van der Waals surface area contributed by atoms with E-state index in [0.717, 1.165) is 43.2 Å². The van der Waals surface area contributed by atoms with Gasteiger partial charge < -0.3 is 24.4 Å². The zero-order valence-electron chi connectivity index (χ0n) is 35.6. The van der Waals surface area contributed by atoms with Crippen molar-refractivity contribution < 1.29 is 38.2 Å². The van der Waals surface area contributed by atoms with Gasteiger partial charge in [0.05, 0.1) is 36.2 Å². The molecule has 4 heterocycles. The lowest BCUT2D eigenvalue weighted by atomic mass is 9.49. The van der Waals surface area contributed by atoms with Crippen LogP contribution in [0.2, 0.25) is 0 Å². The average molecular weight is 833 g/mol. The number of carbonyl (C=O) groups excluding carboxylic acids is 5. The number of carbonyl (C=O) groups is 5. The second-order valence-corrected chi connectivity index (χ2v) is 18.4. The van der Waals surface area contributed by atoms with E-state index in [1.807, 2.05) is 0 Å². The van der Waals surface area contributed by atoms with Crippen LogP contribution >= 0.6 is 0 Å². The van der Waals surface area contributed by atoms with Crippen LogP contribution in [0.15, 0.2) is 48.8 Å². The predicted molar refractivity (Wildman–Crippen MR) is 221 cm³/mol. The zero-order valence-corrected chi connectivity index (χ0v) is 35.6. The van der Waals surface area contributed by atoms with Gasteiger partial charge in [0.15, 0.2) is 0 Å². The molecule has 8 rings (SSSR count). The normalized spacial score (nSPS) is 25.2. The molecule has 0 unspecified atom stereocenters. The molecular weight excluding hydrogens is 781 g/mol. The molecule has 3 aliphatic heterocycles. The maximum absolute atomic E-state index is 13.4. The van der Waals surface area contributed by atoms with Gasteiger partial charge in [0, 0.05) is 79.8 Å². The number of aromatic nitrogens is 2. The molecule has 2 saturated heterocycles. The molecule has 5 aliphatic rings. The molecule has 1 atom stereocenters. The number of methoxy groups -OCH3 is 1. The number of piperidine rings is 1. The van der Waals surface area contributed by atoms with Crippen molar-refractivity contribution in [1.29, 1.82) is 5.26 Å². The number of nitriles is 1. The van der Waals surface area contributed by atoms with Gasteiger partial charge in [-0.25, -0.2) is 9.97 Å². The van der Waals surface area contributed by atoms with Crippen molar-refractivity contribution in [2.45, 2.75) is 104 Å². The van der Waals surface area contributed by atoms with Crippen molar-refractivity contribution in [3.63, 3.8) is 0 Å². The molecule has 2 aliphatic carbocycles. The minimum atomic E-state index is -1.01.